The van der Waals surface area contributed by atoms with Crippen molar-refractivity contribution in [3.05, 3.63) is 59.9 Å². The van der Waals surface area contributed by atoms with Crippen molar-refractivity contribution in [2.75, 3.05) is 18.5 Å². The van der Waals surface area contributed by atoms with E-state index in [2.05, 4.69) is 26.9 Å². The molecule has 0 bridgehead atoms. The van der Waals surface area contributed by atoms with E-state index in [4.69, 9.17) is 0 Å². The molecule has 0 aliphatic carbocycles. The summed E-state index contributed by atoms with van der Waals surface area (Å²) < 4.78 is 40.2. The number of ether oxygens (including phenoxy) is 1. The van der Waals surface area contributed by atoms with E-state index in [-0.39, 0.29) is 13.0 Å². The van der Waals surface area contributed by atoms with Crippen molar-refractivity contribution in [1.29, 1.82) is 0 Å². The van der Waals surface area contributed by atoms with Crippen molar-refractivity contribution >= 4 is 11.6 Å². The summed E-state index contributed by atoms with van der Waals surface area (Å²) in [6, 6.07) is 12.2. The van der Waals surface area contributed by atoms with Gasteiger partial charge in [0.1, 0.15) is 12.3 Å². The maximum Gasteiger partial charge on any atom is 0.411 e. The number of carbonyl (C=O) groups is 1. The number of nitrogens with one attached hydrogen (secondary N) is 1. The highest BCUT2D eigenvalue weighted by atomic mass is 19.4. The summed E-state index contributed by atoms with van der Waals surface area (Å²) in [5.74, 6) is 5.39. The number of halogens is 3. The smallest absolute Gasteiger partial charge is 0.372 e. The first-order valence-corrected chi connectivity index (χ1v) is 7.40. The Morgan fingerprint density at radius 3 is 2.72 bits per heavy atom. The SMILES string of the molecule is O=C(CCOCC(F)(F)F)Nc1cccc(C#Cc2ccccn2)c1. The Hall–Kier alpha value is -2.85. The lowest BCUT2D eigenvalue weighted by Gasteiger charge is -2.08. The first kappa shape index (κ1) is 18.5. The minimum absolute atomic E-state index is 0.167. The van der Waals surface area contributed by atoms with Crippen LogP contribution in [0.4, 0.5) is 18.9 Å². The number of rotatable bonds is 5. The van der Waals surface area contributed by atoms with Crippen LogP contribution in [0.5, 0.6) is 0 Å². The lowest BCUT2D eigenvalue weighted by Crippen LogP contribution is -2.20. The van der Waals surface area contributed by atoms with Gasteiger partial charge in [0.05, 0.1) is 13.0 Å². The van der Waals surface area contributed by atoms with Crippen LogP contribution < -0.4 is 5.32 Å². The Bertz CT molecular complexity index is 765. The van der Waals surface area contributed by atoms with E-state index in [1.54, 1.807) is 42.6 Å². The van der Waals surface area contributed by atoms with Gasteiger partial charge in [0, 0.05) is 17.4 Å². The second-order valence-corrected chi connectivity index (χ2v) is 5.01. The second-order valence-electron chi connectivity index (χ2n) is 5.01. The average Bonchev–Trinajstić information content (AvgIpc) is 2.57. The molecule has 0 fully saturated rings. The minimum Gasteiger partial charge on any atom is -0.372 e. The zero-order valence-corrected chi connectivity index (χ0v) is 13.1. The first-order chi connectivity index (χ1) is 11.9. The van der Waals surface area contributed by atoms with Gasteiger partial charge in [-0.3, -0.25) is 4.79 Å². The van der Waals surface area contributed by atoms with Gasteiger partial charge in [0.2, 0.25) is 5.91 Å². The molecule has 1 heterocycles. The van der Waals surface area contributed by atoms with E-state index >= 15 is 0 Å². The van der Waals surface area contributed by atoms with E-state index in [1.165, 1.54) is 0 Å². The number of hydrogen-bond donors (Lipinski definition) is 1. The predicted molar refractivity (Wildman–Crippen MR) is 86.8 cm³/mol. The molecule has 130 valence electrons. The van der Waals surface area contributed by atoms with Crippen LogP contribution in [-0.2, 0) is 9.53 Å². The van der Waals surface area contributed by atoms with Crippen LogP contribution in [0.3, 0.4) is 0 Å². The zero-order valence-electron chi connectivity index (χ0n) is 13.1. The quantitative estimate of drug-likeness (QED) is 0.666. The number of alkyl halides is 3. The molecule has 1 amide bonds. The topological polar surface area (TPSA) is 51.2 Å². The van der Waals surface area contributed by atoms with Crippen LogP contribution in [0.1, 0.15) is 17.7 Å². The van der Waals surface area contributed by atoms with Crippen LogP contribution in [0, 0.1) is 11.8 Å². The number of benzene rings is 1. The fourth-order valence-corrected chi connectivity index (χ4v) is 1.82. The summed E-state index contributed by atoms with van der Waals surface area (Å²) in [7, 11) is 0. The van der Waals surface area contributed by atoms with Crippen LogP contribution in [0.2, 0.25) is 0 Å². The minimum atomic E-state index is -4.39. The van der Waals surface area contributed by atoms with E-state index in [0.29, 0.717) is 16.9 Å². The number of amides is 1. The third kappa shape index (κ3) is 7.50. The lowest BCUT2D eigenvalue weighted by atomic mass is 10.2. The third-order valence-corrected chi connectivity index (χ3v) is 2.89. The molecular weight excluding hydrogens is 333 g/mol. The van der Waals surface area contributed by atoms with Crippen LogP contribution in [0.15, 0.2) is 48.7 Å². The summed E-state index contributed by atoms with van der Waals surface area (Å²) in [4.78, 5) is 15.8. The summed E-state index contributed by atoms with van der Waals surface area (Å²) in [5, 5.41) is 2.59. The molecule has 0 atom stereocenters. The van der Waals surface area contributed by atoms with E-state index in [1.807, 2.05) is 6.07 Å². The Labute approximate surface area is 143 Å². The third-order valence-electron chi connectivity index (χ3n) is 2.89. The van der Waals surface area contributed by atoms with Gasteiger partial charge in [0.25, 0.3) is 0 Å². The second kappa shape index (κ2) is 8.85. The van der Waals surface area contributed by atoms with Gasteiger partial charge in [-0.05, 0) is 36.3 Å². The molecule has 0 aliphatic heterocycles. The van der Waals surface area contributed by atoms with Gasteiger partial charge < -0.3 is 10.1 Å². The first-order valence-electron chi connectivity index (χ1n) is 7.40. The van der Waals surface area contributed by atoms with Crippen molar-refractivity contribution in [2.45, 2.75) is 12.6 Å². The Kier molecular flexibility index (Phi) is 6.54. The van der Waals surface area contributed by atoms with Crippen molar-refractivity contribution in [2.24, 2.45) is 0 Å². The number of hydrogen-bond acceptors (Lipinski definition) is 3. The van der Waals surface area contributed by atoms with Crippen molar-refractivity contribution in [3.63, 3.8) is 0 Å². The fraction of sp³-hybridized carbons (Fsp3) is 0.222. The fourth-order valence-electron chi connectivity index (χ4n) is 1.82. The maximum absolute atomic E-state index is 11.9. The normalized spacial score (nSPS) is 10.7. The Balaban J connectivity index is 1.87. The predicted octanol–water partition coefficient (Wildman–Crippen LogP) is 3.39. The molecule has 0 unspecified atom stereocenters. The largest absolute Gasteiger partial charge is 0.411 e. The lowest BCUT2D eigenvalue weighted by molar-refractivity contribution is -0.174. The van der Waals surface area contributed by atoms with E-state index in [0.717, 1.165) is 0 Å². The van der Waals surface area contributed by atoms with Gasteiger partial charge in [-0.1, -0.05) is 18.1 Å². The monoisotopic (exact) mass is 348 g/mol. The number of nitrogens with zero attached hydrogens (tertiary/aromatic N) is 1. The molecule has 25 heavy (non-hydrogen) atoms. The molecule has 0 aliphatic rings. The zero-order chi connectivity index (χ0) is 18.1. The molecule has 1 aromatic carbocycles. The van der Waals surface area contributed by atoms with Crippen molar-refractivity contribution < 1.29 is 22.7 Å². The van der Waals surface area contributed by atoms with Crippen LogP contribution in [0.25, 0.3) is 0 Å². The standard InChI is InChI=1S/C18H15F3N2O2/c19-18(20,21)13-25-11-9-17(24)23-16-6-3-4-14(12-16)7-8-15-5-1-2-10-22-15/h1-6,10,12H,9,11,13H2,(H,23,24). The molecule has 1 aromatic heterocycles. The molecule has 2 rings (SSSR count). The Morgan fingerprint density at radius 1 is 1.16 bits per heavy atom. The molecule has 0 saturated heterocycles. The van der Waals surface area contributed by atoms with E-state index < -0.39 is 18.7 Å². The summed E-state index contributed by atoms with van der Waals surface area (Å²) in [6.07, 6.45) is -2.92. The summed E-state index contributed by atoms with van der Waals surface area (Å²) in [6.45, 7) is -1.66. The van der Waals surface area contributed by atoms with Gasteiger partial charge in [-0.2, -0.15) is 13.2 Å². The van der Waals surface area contributed by atoms with Crippen LogP contribution >= 0.6 is 0 Å². The summed E-state index contributed by atoms with van der Waals surface area (Å²) in [5.41, 5.74) is 1.81. The van der Waals surface area contributed by atoms with Crippen molar-refractivity contribution in [1.82, 2.24) is 4.98 Å². The molecule has 4 nitrogen and oxygen atoms in total. The van der Waals surface area contributed by atoms with Gasteiger partial charge in [0.15, 0.2) is 0 Å². The molecule has 1 N–H and O–H groups in total. The van der Waals surface area contributed by atoms with Crippen molar-refractivity contribution in [3.8, 4) is 11.8 Å². The molecule has 7 heteroatoms. The molecular formula is C18H15F3N2O2. The highest BCUT2D eigenvalue weighted by Crippen LogP contribution is 2.14. The highest BCUT2D eigenvalue weighted by Gasteiger charge is 2.27. The Morgan fingerprint density at radius 2 is 2.00 bits per heavy atom. The highest BCUT2D eigenvalue weighted by molar-refractivity contribution is 5.90. The molecule has 0 spiro atoms. The van der Waals surface area contributed by atoms with Crippen LogP contribution in [-0.4, -0.2) is 30.3 Å². The number of pyridine rings is 1. The summed E-state index contributed by atoms with van der Waals surface area (Å²) >= 11 is 0. The number of carbonyl (C=O) groups excluding carboxylic acids is 1. The molecule has 0 saturated carbocycles. The molecule has 0 radical (unpaired) electrons. The van der Waals surface area contributed by atoms with Gasteiger partial charge >= 0.3 is 6.18 Å². The van der Waals surface area contributed by atoms with E-state index in [9.17, 15) is 18.0 Å². The van der Waals surface area contributed by atoms with Gasteiger partial charge in [-0.25, -0.2) is 4.98 Å². The molecule has 2 aromatic rings. The average molecular weight is 348 g/mol. The number of aromatic nitrogens is 1. The van der Waals surface area contributed by atoms with Gasteiger partial charge in [-0.15, -0.1) is 0 Å². The number of anilines is 1. The maximum atomic E-state index is 11.9.